The van der Waals surface area contributed by atoms with Gasteiger partial charge in [-0.3, -0.25) is 39.2 Å². The van der Waals surface area contributed by atoms with E-state index in [1.807, 2.05) is 50.8 Å². The highest BCUT2D eigenvalue weighted by atomic mass is 35.5. The van der Waals surface area contributed by atoms with E-state index in [0.29, 0.717) is 43.4 Å². The number of rotatable bonds is 12. The molecule has 4 aliphatic rings. The van der Waals surface area contributed by atoms with Gasteiger partial charge in [0.05, 0.1) is 38.0 Å². The lowest BCUT2D eigenvalue weighted by Crippen LogP contribution is -2.60. The molecule has 48 heavy (non-hydrogen) atoms. The van der Waals surface area contributed by atoms with Gasteiger partial charge in [0.25, 0.3) is 5.91 Å². The van der Waals surface area contributed by atoms with E-state index in [9.17, 15) is 24.0 Å². The van der Waals surface area contributed by atoms with Crippen molar-refractivity contribution in [3.63, 3.8) is 0 Å². The molecule has 2 saturated heterocycles. The van der Waals surface area contributed by atoms with Crippen molar-refractivity contribution in [2.45, 2.75) is 89.6 Å². The van der Waals surface area contributed by atoms with Crippen molar-refractivity contribution in [2.24, 2.45) is 5.41 Å². The van der Waals surface area contributed by atoms with Crippen molar-refractivity contribution < 1.29 is 33.5 Å². The molecule has 1 aliphatic carbocycles. The fourth-order valence-corrected chi connectivity index (χ4v) is 6.46. The van der Waals surface area contributed by atoms with E-state index in [2.05, 4.69) is 21.4 Å². The predicted octanol–water partition coefficient (Wildman–Crippen LogP) is 1.55. The van der Waals surface area contributed by atoms with Gasteiger partial charge in [-0.1, -0.05) is 57.8 Å². The highest BCUT2D eigenvalue weighted by Crippen LogP contribution is 2.39. The maximum absolute atomic E-state index is 14.5. The molecule has 4 amide bonds. The zero-order valence-electron chi connectivity index (χ0n) is 28.1. The normalized spacial score (nSPS) is 24.0. The average molecular weight is 687 g/mol. The Morgan fingerprint density at radius 1 is 1.10 bits per heavy atom. The molecule has 0 bridgehead atoms. The van der Waals surface area contributed by atoms with Crippen LogP contribution in [0.3, 0.4) is 0 Å². The molecule has 4 N–H and O–H groups in total. The van der Waals surface area contributed by atoms with Crippen molar-refractivity contribution in [3.05, 3.63) is 40.9 Å². The van der Waals surface area contributed by atoms with Crippen molar-refractivity contribution in [2.75, 3.05) is 39.4 Å². The quantitative estimate of drug-likeness (QED) is 0.240. The second-order valence-electron chi connectivity index (χ2n) is 14.2. The van der Waals surface area contributed by atoms with Gasteiger partial charge in [-0.15, -0.1) is 0 Å². The lowest BCUT2D eigenvalue weighted by atomic mass is 9.85. The molecule has 1 saturated carbocycles. The number of halogens is 1. The second kappa shape index (κ2) is 14.9. The maximum atomic E-state index is 14.5. The standard InChI is InChI=1S/C34H47ClN6O7/c1-5-7-24(28(43)31(45)36-23-10-11-23)37-30(44)26-18-34(17-25(39-48-34)21-8-6-9-22(35)16-21)20-41(26)32(46)29(33(2,3)4)38-27(42)19-40-12-14-47-15-13-40/h6,8-9,16-17,23-24,26,29,39H,5,7,10-15,18-20H2,1-4H3,(H,36,45)(H,37,44)(H,38,42)/t24-,26-,29+,34+/m0/s1. The SMILES string of the molecule is CCC[C@H](NC(=O)[C@@H]1C[C@]2(C=C(c3cccc(Cl)c3)NO2)CN1C(=O)[C@@H](NC(=O)CN1CCOCC1)C(C)(C)C)C(=O)C(=O)NC1CC1. The number of ketones is 1. The Hall–Kier alpha value is -3.52. The highest BCUT2D eigenvalue weighted by molar-refractivity contribution is 6.38. The summed E-state index contributed by atoms with van der Waals surface area (Å²) in [5.74, 6) is -2.77. The number of Topliss-reactive ketones (excluding diaryl/α,β-unsaturated/α-hetero) is 1. The molecule has 1 spiro atoms. The molecule has 1 aromatic rings. The molecule has 262 valence electrons. The Bertz CT molecular complexity index is 1440. The first-order valence-electron chi connectivity index (χ1n) is 16.8. The van der Waals surface area contributed by atoms with Gasteiger partial charge in [0, 0.05) is 36.1 Å². The molecule has 0 aromatic heterocycles. The zero-order chi connectivity index (χ0) is 34.6. The Kier molecular flexibility index (Phi) is 11.1. The van der Waals surface area contributed by atoms with Gasteiger partial charge in [-0.05, 0) is 42.9 Å². The lowest BCUT2D eigenvalue weighted by molar-refractivity contribution is -0.145. The Labute approximate surface area is 286 Å². The van der Waals surface area contributed by atoms with Gasteiger partial charge < -0.3 is 25.6 Å². The fraction of sp³-hybridized carbons (Fsp3) is 0.618. The van der Waals surface area contributed by atoms with Crippen LogP contribution in [0.4, 0.5) is 0 Å². The van der Waals surface area contributed by atoms with E-state index >= 15 is 0 Å². The summed E-state index contributed by atoms with van der Waals surface area (Å²) < 4.78 is 5.39. The van der Waals surface area contributed by atoms with Gasteiger partial charge >= 0.3 is 0 Å². The topological polar surface area (TPSA) is 158 Å². The van der Waals surface area contributed by atoms with Crippen molar-refractivity contribution in [3.8, 4) is 0 Å². The molecule has 4 atom stereocenters. The number of carbonyl (C=O) groups excluding carboxylic acids is 5. The molecule has 14 heteroatoms. The zero-order valence-corrected chi connectivity index (χ0v) is 28.9. The largest absolute Gasteiger partial charge is 0.379 e. The van der Waals surface area contributed by atoms with Crippen LogP contribution < -0.4 is 21.4 Å². The number of nitrogens with one attached hydrogen (secondary N) is 4. The summed E-state index contributed by atoms with van der Waals surface area (Å²) in [6, 6.07) is 4.11. The number of likely N-dealkylation sites (tertiary alicyclic amines) is 1. The Morgan fingerprint density at radius 3 is 2.48 bits per heavy atom. The fourth-order valence-electron chi connectivity index (χ4n) is 6.27. The van der Waals surface area contributed by atoms with Crippen LogP contribution in [0.5, 0.6) is 0 Å². The summed E-state index contributed by atoms with van der Waals surface area (Å²) in [6.07, 6.45) is 4.36. The van der Waals surface area contributed by atoms with E-state index in [4.69, 9.17) is 21.2 Å². The first-order valence-corrected chi connectivity index (χ1v) is 17.1. The molecule has 5 rings (SSSR count). The third kappa shape index (κ3) is 8.73. The number of benzene rings is 1. The van der Waals surface area contributed by atoms with Gasteiger partial charge in [0.1, 0.15) is 17.7 Å². The first kappa shape index (κ1) is 35.8. The van der Waals surface area contributed by atoms with Crippen LogP contribution in [-0.4, -0.2) is 108 Å². The number of hydrogen-bond donors (Lipinski definition) is 4. The number of nitrogens with zero attached hydrogens (tertiary/aromatic N) is 2. The van der Waals surface area contributed by atoms with E-state index in [1.54, 1.807) is 12.1 Å². The van der Waals surface area contributed by atoms with Gasteiger partial charge in [-0.2, -0.15) is 0 Å². The van der Waals surface area contributed by atoms with Gasteiger partial charge in [0.2, 0.25) is 23.5 Å². The van der Waals surface area contributed by atoms with E-state index in [1.165, 1.54) is 4.90 Å². The number of hydroxylamine groups is 1. The number of ether oxygens (including phenoxy) is 1. The van der Waals surface area contributed by atoms with Crippen molar-refractivity contribution in [1.29, 1.82) is 0 Å². The summed E-state index contributed by atoms with van der Waals surface area (Å²) >= 11 is 6.24. The molecule has 3 fully saturated rings. The summed E-state index contributed by atoms with van der Waals surface area (Å²) in [5.41, 5.74) is 2.54. The molecule has 1 aromatic carbocycles. The minimum atomic E-state index is -1.09. The number of hydrogen-bond acceptors (Lipinski definition) is 9. The third-order valence-corrected chi connectivity index (χ3v) is 9.32. The summed E-state index contributed by atoms with van der Waals surface area (Å²) in [5, 5.41) is 8.97. The summed E-state index contributed by atoms with van der Waals surface area (Å²) in [4.78, 5) is 77.1. The van der Waals surface area contributed by atoms with Crippen LogP contribution in [0.1, 0.15) is 65.4 Å². The Balaban J connectivity index is 1.40. The highest BCUT2D eigenvalue weighted by Gasteiger charge is 2.54. The third-order valence-electron chi connectivity index (χ3n) is 9.08. The number of carbonyl (C=O) groups is 5. The van der Waals surface area contributed by atoms with Crippen LogP contribution in [0.15, 0.2) is 30.3 Å². The predicted molar refractivity (Wildman–Crippen MR) is 178 cm³/mol. The Morgan fingerprint density at radius 2 is 1.83 bits per heavy atom. The van der Waals surface area contributed by atoms with E-state index in [-0.39, 0.29) is 37.9 Å². The van der Waals surface area contributed by atoms with Crippen LogP contribution in [0.25, 0.3) is 5.70 Å². The van der Waals surface area contributed by atoms with Crippen LogP contribution in [0, 0.1) is 5.41 Å². The molecule has 3 aliphatic heterocycles. The van der Waals surface area contributed by atoms with Crippen molar-refractivity contribution >= 4 is 46.7 Å². The maximum Gasteiger partial charge on any atom is 0.289 e. The second-order valence-corrected chi connectivity index (χ2v) is 14.7. The first-order chi connectivity index (χ1) is 22.8. The lowest BCUT2D eigenvalue weighted by Gasteiger charge is -2.36. The molecule has 0 radical (unpaired) electrons. The number of morpholine rings is 1. The van der Waals surface area contributed by atoms with Gasteiger partial charge in [-0.25, -0.2) is 0 Å². The summed E-state index contributed by atoms with van der Waals surface area (Å²) in [7, 11) is 0. The van der Waals surface area contributed by atoms with E-state index in [0.717, 1.165) is 18.4 Å². The van der Waals surface area contributed by atoms with E-state index < -0.39 is 52.6 Å². The van der Waals surface area contributed by atoms with Gasteiger partial charge in [0.15, 0.2) is 0 Å². The summed E-state index contributed by atoms with van der Waals surface area (Å²) in [6.45, 7) is 9.81. The molecule has 0 unspecified atom stereocenters. The molecular formula is C34H47ClN6O7. The minimum Gasteiger partial charge on any atom is -0.379 e. The minimum absolute atomic E-state index is 0.00145. The smallest absolute Gasteiger partial charge is 0.289 e. The monoisotopic (exact) mass is 686 g/mol. The van der Waals surface area contributed by atoms with Crippen LogP contribution in [-0.2, 0) is 33.5 Å². The molecular weight excluding hydrogens is 640 g/mol. The van der Waals surface area contributed by atoms with Crippen LogP contribution in [0.2, 0.25) is 5.02 Å². The molecule has 13 nitrogen and oxygen atoms in total. The van der Waals surface area contributed by atoms with Crippen LogP contribution >= 0.6 is 11.6 Å². The van der Waals surface area contributed by atoms with Crippen molar-refractivity contribution in [1.82, 2.24) is 31.2 Å². The number of amides is 4. The molecule has 3 heterocycles. The average Bonchev–Trinajstić information content (AvgIpc) is 3.63.